The molecule has 162 valence electrons. The first-order chi connectivity index (χ1) is 14.8. The Morgan fingerprint density at radius 2 is 1.84 bits per heavy atom. The molecule has 2 saturated heterocycles. The van der Waals surface area contributed by atoms with E-state index in [9.17, 15) is 22.7 Å². The number of rotatable bonds is 4. The first-order valence-corrected chi connectivity index (χ1v) is 11.7. The fourth-order valence-corrected chi connectivity index (χ4v) is 5.42. The molecule has 8 heteroatoms. The maximum atomic E-state index is 13.3. The summed E-state index contributed by atoms with van der Waals surface area (Å²) in [6.45, 7) is 1.42. The fraction of sp³-hybridized carbons (Fsp3) is 0.348. The third kappa shape index (κ3) is 4.09. The molecule has 4 rings (SSSR count). The van der Waals surface area contributed by atoms with Crippen molar-refractivity contribution in [2.75, 3.05) is 25.4 Å². The summed E-state index contributed by atoms with van der Waals surface area (Å²) in [5, 5.41) is 9.85. The van der Waals surface area contributed by atoms with E-state index in [1.807, 2.05) is 24.3 Å². The number of hydrogen-bond donors (Lipinski definition) is 1. The van der Waals surface area contributed by atoms with Gasteiger partial charge < -0.3 is 10.0 Å². The van der Waals surface area contributed by atoms with Gasteiger partial charge in [0.25, 0.3) is 0 Å². The van der Waals surface area contributed by atoms with E-state index in [2.05, 4.69) is 11.8 Å². The second kappa shape index (κ2) is 8.42. The minimum absolute atomic E-state index is 0.0558. The quantitative estimate of drug-likeness (QED) is 0.729. The van der Waals surface area contributed by atoms with Gasteiger partial charge in [0.2, 0.25) is 15.9 Å². The second-order valence-electron chi connectivity index (χ2n) is 7.72. The lowest BCUT2D eigenvalue weighted by Gasteiger charge is -2.58. The monoisotopic (exact) mass is 442 g/mol. The topological polar surface area (TPSA) is 77.9 Å². The summed E-state index contributed by atoms with van der Waals surface area (Å²) < 4.78 is 39.1. The number of aliphatic hydroxyl groups is 1. The van der Waals surface area contributed by atoms with Crippen LogP contribution in [0.3, 0.4) is 0 Å². The zero-order valence-electron chi connectivity index (χ0n) is 17.0. The molecule has 0 unspecified atom stereocenters. The second-order valence-corrected chi connectivity index (χ2v) is 9.98. The Kier molecular flexibility index (Phi) is 5.84. The highest BCUT2D eigenvalue weighted by Crippen LogP contribution is 2.43. The SMILES string of the molecule is CCS(=O)(=O)N1CC(=O)N2[C@H](CO)[C@@H](c3ccc(C#Cc4cccc(F)c4)cc3)[C@H]2C1. The normalized spacial score (nSPS) is 23.5. The molecule has 2 fully saturated rings. The predicted molar refractivity (Wildman–Crippen MR) is 114 cm³/mol. The molecule has 31 heavy (non-hydrogen) atoms. The lowest BCUT2D eigenvalue weighted by molar-refractivity contribution is -0.158. The Morgan fingerprint density at radius 3 is 2.48 bits per heavy atom. The smallest absolute Gasteiger partial charge is 0.238 e. The highest BCUT2D eigenvalue weighted by molar-refractivity contribution is 7.89. The fourth-order valence-electron chi connectivity index (χ4n) is 4.36. The number of carbonyl (C=O) groups is 1. The van der Waals surface area contributed by atoms with Crippen LogP contribution < -0.4 is 0 Å². The summed E-state index contributed by atoms with van der Waals surface area (Å²) >= 11 is 0. The van der Waals surface area contributed by atoms with Crippen LogP contribution in [0.25, 0.3) is 0 Å². The van der Waals surface area contributed by atoms with Crippen molar-refractivity contribution < 1.29 is 22.7 Å². The van der Waals surface area contributed by atoms with Gasteiger partial charge in [0.1, 0.15) is 5.82 Å². The van der Waals surface area contributed by atoms with Gasteiger partial charge in [0, 0.05) is 23.6 Å². The van der Waals surface area contributed by atoms with Crippen LogP contribution in [-0.4, -0.2) is 66.2 Å². The van der Waals surface area contributed by atoms with Crippen molar-refractivity contribution in [3.63, 3.8) is 0 Å². The predicted octanol–water partition coefficient (Wildman–Crippen LogP) is 1.55. The standard InChI is InChI=1S/C23H23FN2O4S/c1-2-31(29,30)25-13-20-23(21(15-27)26(20)22(28)14-25)18-10-8-16(9-11-18)6-7-17-4-3-5-19(24)12-17/h3-5,8-12,20-21,23,27H,2,13-15H2,1H3/t20-,21-,23+/m1/s1. The molecule has 2 aromatic rings. The van der Waals surface area contributed by atoms with Gasteiger partial charge in [0.15, 0.2) is 0 Å². The van der Waals surface area contributed by atoms with E-state index in [-0.39, 0.29) is 55.2 Å². The molecule has 0 aliphatic carbocycles. The van der Waals surface area contributed by atoms with Gasteiger partial charge >= 0.3 is 0 Å². The van der Waals surface area contributed by atoms with E-state index in [0.29, 0.717) is 5.56 Å². The van der Waals surface area contributed by atoms with Crippen molar-refractivity contribution in [3.05, 3.63) is 71.0 Å². The Morgan fingerprint density at radius 1 is 1.13 bits per heavy atom. The van der Waals surface area contributed by atoms with Crippen LogP contribution in [0.15, 0.2) is 48.5 Å². The summed E-state index contributed by atoms with van der Waals surface area (Å²) in [5.74, 6) is 5.09. The maximum absolute atomic E-state index is 13.3. The van der Waals surface area contributed by atoms with E-state index in [1.54, 1.807) is 24.0 Å². The van der Waals surface area contributed by atoms with Crippen LogP contribution in [0.1, 0.15) is 29.5 Å². The summed E-state index contributed by atoms with van der Waals surface area (Å²) in [4.78, 5) is 14.2. The van der Waals surface area contributed by atoms with Gasteiger partial charge in [-0.25, -0.2) is 12.8 Å². The van der Waals surface area contributed by atoms with Gasteiger partial charge in [-0.2, -0.15) is 4.31 Å². The molecule has 2 aromatic carbocycles. The molecule has 2 aliphatic rings. The largest absolute Gasteiger partial charge is 0.394 e. The van der Waals surface area contributed by atoms with Crippen LogP contribution in [0.4, 0.5) is 4.39 Å². The number of amides is 1. The Hall–Kier alpha value is -2.73. The molecule has 2 heterocycles. The number of piperazine rings is 1. The number of aliphatic hydroxyl groups excluding tert-OH is 1. The van der Waals surface area contributed by atoms with Crippen molar-refractivity contribution in [2.45, 2.75) is 24.9 Å². The lowest BCUT2D eigenvalue weighted by atomic mass is 9.74. The number of carbonyl (C=O) groups excluding carboxylic acids is 1. The van der Waals surface area contributed by atoms with Gasteiger partial charge in [-0.1, -0.05) is 30.0 Å². The number of fused-ring (bicyclic) bond motifs is 1. The lowest BCUT2D eigenvalue weighted by Crippen LogP contribution is -2.73. The maximum Gasteiger partial charge on any atom is 0.238 e. The molecule has 1 amide bonds. The van der Waals surface area contributed by atoms with E-state index < -0.39 is 10.0 Å². The van der Waals surface area contributed by atoms with Gasteiger partial charge in [-0.05, 0) is 42.8 Å². The number of hydrogen-bond acceptors (Lipinski definition) is 4. The van der Waals surface area contributed by atoms with E-state index >= 15 is 0 Å². The number of sulfonamides is 1. The van der Waals surface area contributed by atoms with Crippen LogP contribution >= 0.6 is 0 Å². The average molecular weight is 443 g/mol. The Balaban J connectivity index is 1.55. The summed E-state index contributed by atoms with van der Waals surface area (Å²) in [5.41, 5.74) is 2.25. The molecular weight excluding hydrogens is 419 g/mol. The van der Waals surface area contributed by atoms with Gasteiger partial charge in [0.05, 0.1) is 31.0 Å². The van der Waals surface area contributed by atoms with Crippen LogP contribution in [0.2, 0.25) is 0 Å². The van der Waals surface area contributed by atoms with Crippen molar-refractivity contribution in [1.29, 1.82) is 0 Å². The van der Waals surface area contributed by atoms with Gasteiger partial charge in [-0.15, -0.1) is 0 Å². The van der Waals surface area contributed by atoms with E-state index in [4.69, 9.17) is 0 Å². The Labute approximate surface area is 181 Å². The van der Waals surface area contributed by atoms with Crippen molar-refractivity contribution in [2.24, 2.45) is 0 Å². The first kappa shape index (κ1) is 21.5. The number of benzene rings is 2. The highest BCUT2D eigenvalue weighted by atomic mass is 32.2. The molecule has 6 nitrogen and oxygen atoms in total. The summed E-state index contributed by atoms with van der Waals surface area (Å²) in [6, 6.07) is 12.8. The summed E-state index contributed by atoms with van der Waals surface area (Å²) in [6.07, 6.45) is 0. The minimum atomic E-state index is -3.47. The number of nitrogens with zero attached hydrogens (tertiary/aromatic N) is 2. The molecule has 0 radical (unpaired) electrons. The Bertz CT molecular complexity index is 1150. The summed E-state index contributed by atoms with van der Waals surface area (Å²) in [7, 11) is -3.47. The van der Waals surface area contributed by atoms with Crippen LogP contribution in [-0.2, 0) is 14.8 Å². The van der Waals surface area contributed by atoms with Gasteiger partial charge in [-0.3, -0.25) is 4.79 Å². The van der Waals surface area contributed by atoms with Crippen LogP contribution in [0, 0.1) is 17.7 Å². The van der Waals surface area contributed by atoms with Crippen molar-refractivity contribution in [1.82, 2.24) is 9.21 Å². The molecule has 1 N–H and O–H groups in total. The number of halogens is 1. The minimum Gasteiger partial charge on any atom is -0.394 e. The van der Waals surface area contributed by atoms with Crippen LogP contribution in [0.5, 0.6) is 0 Å². The molecule has 3 atom stereocenters. The molecule has 2 aliphatic heterocycles. The van der Waals surface area contributed by atoms with Crippen molar-refractivity contribution in [3.8, 4) is 11.8 Å². The zero-order valence-corrected chi connectivity index (χ0v) is 17.8. The molecule has 0 bridgehead atoms. The molecule has 0 spiro atoms. The van der Waals surface area contributed by atoms with E-state index in [0.717, 1.165) is 11.1 Å². The highest BCUT2D eigenvalue weighted by Gasteiger charge is 2.55. The third-order valence-electron chi connectivity index (χ3n) is 5.95. The molecule has 0 aromatic heterocycles. The molecular formula is C23H23FN2O4S. The first-order valence-electron chi connectivity index (χ1n) is 10.1. The zero-order chi connectivity index (χ0) is 22.2. The average Bonchev–Trinajstić information content (AvgIpc) is 2.74. The molecule has 0 saturated carbocycles. The third-order valence-corrected chi connectivity index (χ3v) is 7.75. The van der Waals surface area contributed by atoms with Crippen molar-refractivity contribution >= 4 is 15.9 Å². The van der Waals surface area contributed by atoms with E-state index in [1.165, 1.54) is 16.4 Å².